The van der Waals surface area contributed by atoms with E-state index >= 15 is 0 Å². The molecular weight excluding hydrogens is 550 g/mol. The SMILES string of the molecule is COC(=O)CCCCN(CCc1ccccc1OCc1ccc(C#CC2CC2)cc1)C1CCCc2cc(C(=O)OC)ccc21. The second kappa shape index (κ2) is 15.6. The van der Waals surface area contributed by atoms with Gasteiger partial charge in [-0.1, -0.05) is 48.2 Å². The lowest BCUT2D eigenvalue weighted by atomic mass is 9.85. The molecule has 1 fully saturated rings. The van der Waals surface area contributed by atoms with E-state index in [9.17, 15) is 9.59 Å². The summed E-state index contributed by atoms with van der Waals surface area (Å²) >= 11 is 0. The van der Waals surface area contributed by atoms with E-state index in [2.05, 4.69) is 65.3 Å². The number of unbranched alkanes of at least 4 members (excludes halogenated alkanes) is 1. The van der Waals surface area contributed by atoms with Crippen molar-refractivity contribution in [3.05, 3.63) is 100 Å². The molecule has 0 radical (unpaired) electrons. The van der Waals surface area contributed by atoms with Crippen LogP contribution in [-0.2, 0) is 33.7 Å². The maximum Gasteiger partial charge on any atom is 0.337 e. The van der Waals surface area contributed by atoms with Crippen molar-refractivity contribution in [1.29, 1.82) is 0 Å². The summed E-state index contributed by atoms with van der Waals surface area (Å²) in [4.78, 5) is 26.5. The third-order valence-corrected chi connectivity index (χ3v) is 8.58. The Hall–Kier alpha value is -4.08. The summed E-state index contributed by atoms with van der Waals surface area (Å²) in [7, 11) is 2.86. The number of hydrogen-bond donors (Lipinski definition) is 0. The number of benzene rings is 3. The third kappa shape index (κ3) is 8.74. The minimum Gasteiger partial charge on any atom is -0.489 e. The number of hydrogen-bond acceptors (Lipinski definition) is 6. The van der Waals surface area contributed by atoms with Crippen LogP contribution < -0.4 is 4.74 Å². The normalized spacial score (nSPS) is 15.6. The quantitative estimate of drug-likeness (QED) is 0.120. The Morgan fingerprint density at radius 1 is 0.909 bits per heavy atom. The number of esters is 2. The van der Waals surface area contributed by atoms with Crippen molar-refractivity contribution in [2.45, 2.75) is 70.4 Å². The lowest BCUT2D eigenvalue weighted by molar-refractivity contribution is -0.140. The van der Waals surface area contributed by atoms with E-state index < -0.39 is 0 Å². The first-order valence-corrected chi connectivity index (χ1v) is 15.9. The lowest BCUT2D eigenvalue weighted by Crippen LogP contribution is -2.34. The van der Waals surface area contributed by atoms with Crippen LogP contribution in [0.4, 0.5) is 0 Å². The lowest BCUT2D eigenvalue weighted by Gasteiger charge is -2.36. The molecule has 1 unspecified atom stereocenters. The highest BCUT2D eigenvalue weighted by atomic mass is 16.5. The van der Waals surface area contributed by atoms with Gasteiger partial charge in [0.15, 0.2) is 0 Å². The van der Waals surface area contributed by atoms with Crippen molar-refractivity contribution < 1.29 is 23.8 Å². The molecule has 6 heteroatoms. The molecule has 0 amide bonds. The third-order valence-electron chi connectivity index (χ3n) is 8.58. The Labute approximate surface area is 261 Å². The highest BCUT2D eigenvalue weighted by molar-refractivity contribution is 5.89. The molecule has 0 aliphatic heterocycles. The Bertz CT molecular complexity index is 1480. The van der Waals surface area contributed by atoms with Crippen LogP contribution >= 0.6 is 0 Å². The van der Waals surface area contributed by atoms with E-state index in [0.29, 0.717) is 24.5 Å². The standard InChI is InChI=1S/C38H43NO5/c1-42-37(40)12-5-6-24-39(35-10-7-9-32-26-33(38(41)43-2)21-22-34(32)35)25-23-31-8-3-4-11-36(31)44-27-30-19-17-29(18-20-30)16-15-28-13-14-28/h3-4,8,11,17-22,26,28,35H,5-7,9-10,12-14,23-25,27H2,1-2H3. The molecule has 0 saturated heterocycles. The molecule has 1 atom stereocenters. The van der Waals surface area contributed by atoms with Crippen LogP contribution in [0.3, 0.4) is 0 Å². The van der Waals surface area contributed by atoms with Gasteiger partial charge < -0.3 is 14.2 Å². The highest BCUT2D eigenvalue weighted by Crippen LogP contribution is 2.36. The number of nitrogens with zero attached hydrogens (tertiary/aromatic N) is 1. The fourth-order valence-corrected chi connectivity index (χ4v) is 5.90. The Morgan fingerprint density at radius 2 is 1.73 bits per heavy atom. The van der Waals surface area contributed by atoms with E-state index in [0.717, 1.165) is 68.5 Å². The molecule has 0 bridgehead atoms. The van der Waals surface area contributed by atoms with Crippen LogP contribution in [-0.4, -0.2) is 44.1 Å². The molecular formula is C38H43NO5. The van der Waals surface area contributed by atoms with Gasteiger partial charge in [-0.2, -0.15) is 0 Å². The summed E-state index contributed by atoms with van der Waals surface area (Å²) < 4.78 is 16.2. The molecule has 44 heavy (non-hydrogen) atoms. The van der Waals surface area contributed by atoms with E-state index in [-0.39, 0.29) is 18.0 Å². The van der Waals surface area contributed by atoms with Gasteiger partial charge in [-0.05, 0) is 110 Å². The molecule has 5 rings (SSSR count). The number of ether oxygens (including phenoxy) is 3. The van der Waals surface area contributed by atoms with E-state index in [1.54, 1.807) is 0 Å². The number of aryl methyl sites for hydroxylation is 1. The van der Waals surface area contributed by atoms with Crippen LogP contribution in [0.5, 0.6) is 5.75 Å². The zero-order chi connectivity index (χ0) is 30.7. The largest absolute Gasteiger partial charge is 0.489 e. The molecule has 0 spiro atoms. The number of carbonyl (C=O) groups is 2. The second-order valence-corrected chi connectivity index (χ2v) is 11.8. The molecule has 230 valence electrons. The van der Waals surface area contributed by atoms with Crippen LogP contribution in [0.2, 0.25) is 0 Å². The molecule has 6 nitrogen and oxygen atoms in total. The minimum atomic E-state index is -0.301. The van der Waals surface area contributed by atoms with Gasteiger partial charge in [0.05, 0.1) is 19.8 Å². The van der Waals surface area contributed by atoms with Crippen LogP contribution in [0.25, 0.3) is 0 Å². The summed E-state index contributed by atoms with van der Waals surface area (Å²) in [5.41, 5.74) is 6.45. The smallest absolute Gasteiger partial charge is 0.337 e. The number of methoxy groups -OCH3 is 2. The molecule has 3 aromatic rings. The van der Waals surface area contributed by atoms with Crippen LogP contribution in [0.15, 0.2) is 66.7 Å². The average Bonchev–Trinajstić information content (AvgIpc) is 3.90. The maximum atomic E-state index is 12.2. The predicted molar refractivity (Wildman–Crippen MR) is 171 cm³/mol. The van der Waals surface area contributed by atoms with Crippen molar-refractivity contribution in [2.24, 2.45) is 5.92 Å². The maximum absolute atomic E-state index is 12.2. The fourth-order valence-electron chi connectivity index (χ4n) is 5.90. The van der Waals surface area contributed by atoms with Gasteiger partial charge in [0, 0.05) is 30.5 Å². The van der Waals surface area contributed by atoms with Gasteiger partial charge in [0.1, 0.15) is 12.4 Å². The Balaban J connectivity index is 1.26. The van der Waals surface area contributed by atoms with Crippen LogP contribution in [0.1, 0.15) is 89.2 Å². The number of rotatable bonds is 13. The topological polar surface area (TPSA) is 65.1 Å². The monoisotopic (exact) mass is 593 g/mol. The predicted octanol–water partition coefficient (Wildman–Crippen LogP) is 7.08. The molecule has 0 aromatic heterocycles. The summed E-state index contributed by atoms with van der Waals surface area (Å²) in [6, 6.07) is 22.9. The molecule has 2 aliphatic carbocycles. The van der Waals surface area contributed by atoms with Gasteiger partial charge in [-0.15, -0.1) is 0 Å². The molecule has 3 aromatic carbocycles. The van der Waals surface area contributed by atoms with Gasteiger partial charge in [-0.25, -0.2) is 4.79 Å². The number of carbonyl (C=O) groups excluding carboxylic acids is 2. The summed E-state index contributed by atoms with van der Waals surface area (Å²) in [5.74, 6) is 7.63. The molecule has 0 heterocycles. The average molecular weight is 594 g/mol. The van der Waals surface area contributed by atoms with E-state index in [1.807, 2.05) is 18.2 Å². The van der Waals surface area contributed by atoms with Crippen molar-refractivity contribution in [1.82, 2.24) is 4.90 Å². The Morgan fingerprint density at radius 3 is 2.50 bits per heavy atom. The zero-order valence-electron chi connectivity index (χ0n) is 26.0. The van der Waals surface area contributed by atoms with Crippen molar-refractivity contribution in [3.8, 4) is 17.6 Å². The molecule has 2 aliphatic rings. The summed E-state index contributed by atoms with van der Waals surface area (Å²) in [5, 5.41) is 0. The molecule has 1 saturated carbocycles. The zero-order valence-corrected chi connectivity index (χ0v) is 26.0. The van der Waals surface area contributed by atoms with Crippen molar-refractivity contribution >= 4 is 11.9 Å². The number of fused-ring (bicyclic) bond motifs is 1. The summed E-state index contributed by atoms with van der Waals surface area (Å²) in [6.45, 7) is 2.23. The minimum absolute atomic E-state index is 0.165. The summed E-state index contributed by atoms with van der Waals surface area (Å²) in [6.07, 6.45) is 8.50. The van der Waals surface area contributed by atoms with Gasteiger partial charge in [0.25, 0.3) is 0 Å². The van der Waals surface area contributed by atoms with Crippen LogP contribution in [0, 0.1) is 17.8 Å². The highest BCUT2D eigenvalue weighted by Gasteiger charge is 2.27. The fraction of sp³-hybridized carbons (Fsp3) is 0.421. The van der Waals surface area contributed by atoms with Crippen molar-refractivity contribution in [3.63, 3.8) is 0 Å². The first-order chi connectivity index (χ1) is 21.5. The van der Waals surface area contributed by atoms with E-state index in [1.165, 1.54) is 43.8 Å². The van der Waals surface area contributed by atoms with E-state index in [4.69, 9.17) is 14.2 Å². The Kier molecular flexibility index (Phi) is 11.1. The first-order valence-electron chi connectivity index (χ1n) is 15.9. The van der Waals surface area contributed by atoms with Gasteiger partial charge >= 0.3 is 11.9 Å². The number of para-hydroxylation sites is 1. The second-order valence-electron chi connectivity index (χ2n) is 11.8. The van der Waals surface area contributed by atoms with Gasteiger partial charge in [0.2, 0.25) is 0 Å². The van der Waals surface area contributed by atoms with Gasteiger partial charge in [-0.3, -0.25) is 9.69 Å². The molecule has 0 N–H and O–H groups in total. The first kappa shape index (κ1) is 31.3. The van der Waals surface area contributed by atoms with Crippen molar-refractivity contribution in [2.75, 3.05) is 27.3 Å².